The molecule has 1 heterocycles. The maximum atomic E-state index is 12.2. The normalized spacial score (nSPS) is 27.4. The van der Waals surface area contributed by atoms with Gasteiger partial charge in [0, 0.05) is 12.6 Å². The molecule has 2 aliphatic rings. The topological polar surface area (TPSA) is 20.1 Å². The van der Waals surface area contributed by atoms with Crippen LogP contribution in [0.4, 0.5) is 0 Å². The third kappa shape index (κ3) is 2.04. The van der Waals surface area contributed by atoms with Gasteiger partial charge in [-0.1, -0.05) is 54.6 Å². The fourth-order valence-corrected chi connectivity index (χ4v) is 2.60. The van der Waals surface area contributed by atoms with E-state index >= 15 is 0 Å². The van der Waals surface area contributed by atoms with Crippen molar-refractivity contribution in [2.45, 2.75) is 19.0 Å². The van der Waals surface area contributed by atoms with Crippen molar-refractivity contribution in [2.75, 3.05) is 6.54 Å². The monoisotopic (exact) mass is 239 g/mol. The van der Waals surface area contributed by atoms with Gasteiger partial charge in [-0.3, -0.25) is 9.69 Å². The average molecular weight is 239 g/mol. The van der Waals surface area contributed by atoms with E-state index in [1.54, 1.807) is 0 Å². The van der Waals surface area contributed by atoms with Crippen LogP contribution in [0, 0.1) is 5.92 Å². The van der Waals surface area contributed by atoms with Crippen molar-refractivity contribution in [3.63, 3.8) is 0 Å². The molecule has 1 saturated heterocycles. The molecule has 92 valence electrons. The Bertz CT molecular complexity index is 491. The molecule has 2 nitrogen and oxygen atoms in total. The molecule has 3 rings (SSSR count). The van der Waals surface area contributed by atoms with Gasteiger partial charge in [-0.2, -0.15) is 0 Å². The molecule has 1 aliphatic carbocycles. The summed E-state index contributed by atoms with van der Waals surface area (Å²) < 4.78 is 0. The Balaban J connectivity index is 1.65. The van der Waals surface area contributed by atoms with E-state index in [9.17, 15) is 4.79 Å². The van der Waals surface area contributed by atoms with Crippen molar-refractivity contribution in [3.8, 4) is 0 Å². The van der Waals surface area contributed by atoms with Gasteiger partial charge in [0.15, 0.2) is 5.78 Å². The minimum absolute atomic E-state index is 0.00275. The lowest BCUT2D eigenvalue weighted by molar-refractivity contribution is -0.120. The van der Waals surface area contributed by atoms with Gasteiger partial charge in [0.1, 0.15) is 0 Å². The van der Waals surface area contributed by atoms with E-state index < -0.39 is 0 Å². The lowest BCUT2D eigenvalue weighted by atomic mass is 10.0. The Morgan fingerprint density at radius 1 is 1.22 bits per heavy atom. The number of hydrogen-bond acceptors (Lipinski definition) is 2. The highest BCUT2D eigenvalue weighted by atomic mass is 16.1. The summed E-state index contributed by atoms with van der Waals surface area (Å²) in [7, 11) is 0. The van der Waals surface area contributed by atoms with Crippen LogP contribution >= 0.6 is 0 Å². The minimum Gasteiger partial charge on any atom is -0.297 e. The van der Waals surface area contributed by atoms with Crippen LogP contribution in [0.15, 0.2) is 54.6 Å². The van der Waals surface area contributed by atoms with Gasteiger partial charge >= 0.3 is 0 Å². The number of allylic oxidation sites excluding steroid dienone is 4. The fourth-order valence-electron chi connectivity index (χ4n) is 2.60. The summed E-state index contributed by atoms with van der Waals surface area (Å²) in [5.41, 5.74) is 1.28. The first-order valence-corrected chi connectivity index (χ1v) is 6.47. The highest BCUT2D eigenvalue weighted by molar-refractivity contribution is 5.92. The van der Waals surface area contributed by atoms with Crippen molar-refractivity contribution in [1.82, 2.24) is 4.90 Å². The van der Waals surface area contributed by atoms with Crippen LogP contribution in [0.25, 0.3) is 0 Å². The van der Waals surface area contributed by atoms with Crippen LogP contribution in [0.3, 0.4) is 0 Å². The second kappa shape index (κ2) is 4.54. The lowest BCUT2D eigenvalue weighted by Crippen LogP contribution is -2.20. The Kier molecular flexibility index (Phi) is 2.88. The molecule has 0 amide bonds. The molecule has 2 heteroatoms. The summed E-state index contributed by atoms with van der Waals surface area (Å²) in [6, 6.07) is 10.8. The van der Waals surface area contributed by atoms with Gasteiger partial charge in [0.05, 0.1) is 12.0 Å². The molecule has 1 fully saturated rings. The Hall–Kier alpha value is -1.67. The predicted molar refractivity (Wildman–Crippen MR) is 72.1 cm³/mol. The Labute approximate surface area is 108 Å². The lowest BCUT2D eigenvalue weighted by Gasteiger charge is -2.14. The Morgan fingerprint density at radius 2 is 1.89 bits per heavy atom. The summed E-state index contributed by atoms with van der Waals surface area (Å²) in [6.45, 7) is 3.07. The summed E-state index contributed by atoms with van der Waals surface area (Å²) in [6.07, 6.45) is 7.86. The highest BCUT2D eigenvalue weighted by Gasteiger charge is 2.44. The van der Waals surface area contributed by atoms with Crippen LogP contribution in [0.1, 0.15) is 18.5 Å². The number of carbonyl (C=O) groups is 1. The number of ketones is 1. The van der Waals surface area contributed by atoms with Gasteiger partial charge in [0.25, 0.3) is 0 Å². The van der Waals surface area contributed by atoms with Crippen LogP contribution < -0.4 is 0 Å². The molecule has 1 aromatic carbocycles. The number of hydrogen-bond donors (Lipinski definition) is 0. The van der Waals surface area contributed by atoms with Crippen LogP contribution in [-0.4, -0.2) is 23.3 Å². The molecule has 0 radical (unpaired) electrons. The molecule has 0 saturated carbocycles. The van der Waals surface area contributed by atoms with Crippen molar-refractivity contribution in [2.24, 2.45) is 5.92 Å². The van der Waals surface area contributed by atoms with Gasteiger partial charge in [-0.25, -0.2) is 0 Å². The standard InChI is InChI=1S/C16H17NO/c1-12(13-7-3-2-4-8-13)17-11-15(17)16(18)14-9-5-6-10-14/h2-10,12,14-15H,11H2,1H3/t12-,15+,17?/m1/s1. The molecule has 1 aromatic rings. The summed E-state index contributed by atoms with van der Waals surface area (Å²) in [5, 5.41) is 0. The molecule has 0 aromatic heterocycles. The van der Waals surface area contributed by atoms with Gasteiger partial charge in [0.2, 0.25) is 0 Å². The third-order valence-corrected chi connectivity index (χ3v) is 3.83. The second-order valence-corrected chi connectivity index (χ2v) is 5.00. The molecule has 18 heavy (non-hydrogen) atoms. The van der Waals surface area contributed by atoms with E-state index in [0.29, 0.717) is 11.8 Å². The third-order valence-electron chi connectivity index (χ3n) is 3.83. The number of rotatable bonds is 4. The molecule has 3 atom stereocenters. The maximum Gasteiger partial charge on any atom is 0.161 e. The zero-order valence-electron chi connectivity index (χ0n) is 10.5. The second-order valence-electron chi connectivity index (χ2n) is 5.00. The first kappa shape index (κ1) is 11.4. The number of Topliss-reactive ketones (excluding diaryl/α,β-unsaturated/α-hetero) is 1. The largest absolute Gasteiger partial charge is 0.297 e. The molecule has 0 spiro atoms. The molecule has 0 N–H and O–H groups in total. The summed E-state index contributed by atoms with van der Waals surface area (Å²) in [4.78, 5) is 14.5. The predicted octanol–water partition coefficient (Wildman–Crippen LogP) is 2.74. The van der Waals surface area contributed by atoms with Crippen LogP contribution in [0.2, 0.25) is 0 Å². The molecular weight excluding hydrogens is 222 g/mol. The quantitative estimate of drug-likeness (QED) is 0.753. The van der Waals surface area contributed by atoms with E-state index in [0.717, 1.165) is 6.54 Å². The summed E-state index contributed by atoms with van der Waals surface area (Å²) in [5.74, 6) is 0.339. The zero-order chi connectivity index (χ0) is 12.5. The van der Waals surface area contributed by atoms with Crippen LogP contribution in [-0.2, 0) is 4.79 Å². The molecule has 1 aliphatic heterocycles. The molecule has 0 bridgehead atoms. The highest BCUT2D eigenvalue weighted by Crippen LogP contribution is 2.34. The molecule has 1 unspecified atom stereocenters. The van der Waals surface area contributed by atoms with Crippen molar-refractivity contribution in [1.29, 1.82) is 0 Å². The van der Waals surface area contributed by atoms with Gasteiger partial charge in [-0.05, 0) is 12.5 Å². The van der Waals surface area contributed by atoms with Crippen molar-refractivity contribution < 1.29 is 4.79 Å². The number of carbonyl (C=O) groups excluding carboxylic acids is 1. The van der Waals surface area contributed by atoms with Crippen molar-refractivity contribution in [3.05, 3.63) is 60.2 Å². The van der Waals surface area contributed by atoms with Crippen LogP contribution in [0.5, 0.6) is 0 Å². The first-order chi connectivity index (χ1) is 8.77. The fraction of sp³-hybridized carbons (Fsp3) is 0.312. The average Bonchev–Trinajstić information content (AvgIpc) is 3.03. The smallest absolute Gasteiger partial charge is 0.161 e. The number of nitrogens with zero attached hydrogens (tertiary/aromatic N) is 1. The zero-order valence-corrected chi connectivity index (χ0v) is 10.5. The van der Waals surface area contributed by atoms with Gasteiger partial charge in [-0.15, -0.1) is 0 Å². The maximum absolute atomic E-state index is 12.2. The minimum atomic E-state index is 0.00275. The molecular formula is C16H17NO. The van der Waals surface area contributed by atoms with E-state index in [4.69, 9.17) is 0 Å². The Morgan fingerprint density at radius 3 is 2.56 bits per heavy atom. The first-order valence-electron chi connectivity index (χ1n) is 6.47. The SMILES string of the molecule is C[C@H](c1ccccc1)N1C[C@H]1C(=O)C1C=CC=C1. The van der Waals surface area contributed by atoms with Gasteiger partial charge < -0.3 is 0 Å². The van der Waals surface area contributed by atoms with E-state index in [-0.39, 0.29) is 12.0 Å². The van der Waals surface area contributed by atoms with Crippen molar-refractivity contribution >= 4 is 5.78 Å². The van der Waals surface area contributed by atoms with E-state index in [1.807, 2.05) is 30.4 Å². The number of benzene rings is 1. The van der Waals surface area contributed by atoms with E-state index in [1.165, 1.54) is 5.56 Å². The van der Waals surface area contributed by atoms with E-state index in [2.05, 4.69) is 36.1 Å². The summed E-state index contributed by atoms with van der Waals surface area (Å²) >= 11 is 0.